The van der Waals surface area contributed by atoms with E-state index < -0.39 is 64.8 Å². The number of carbonyl (C=O) groups is 1. The van der Waals surface area contributed by atoms with Crippen molar-refractivity contribution in [2.24, 2.45) is 5.41 Å². The quantitative estimate of drug-likeness (QED) is 0.313. The van der Waals surface area contributed by atoms with Gasteiger partial charge in [0.05, 0.1) is 30.3 Å². The van der Waals surface area contributed by atoms with Crippen LogP contribution in [0.15, 0.2) is 12.4 Å². The van der Waals surface area contributed by atoms with Crippen LogP contribution in [0.25, 0.3) is 0 Å². The molecular weight excluding hydrogens is 461 g/mol. The molecular formula is C26H35F3N2O4. The number of rotatable bonds is 9. The number of ether oxygens (including phenoxy) is 3. The first kappa shape index (κ1) is 28.6. The molecule has 1 aromatic carbocycles. The number of aromatic nitrogens is 2. The Morgan fingerprint density at radius 3 is 1.94 bits per heavy atom. The molecule has 0 N–H and O–H groups in total. The molecule has 2 aromatic rings. The molecule has 2 rings (SSSR count). The Morgan fingerprint density at radius 2 is 1.46 bits per heavy atom. The molecule has 0 saturated heterocycles. The minimum atomic E-state index is -1.40. The number of hydrogen-bond donors (Lipinski definition) is 0. The molecule has 1 heterocycles. The minimum Gasteiger partial charge on any atom is -0.490 e. The average molecular weight is 497 g/mol. The second-order valence-electron chi connectivity index (χ2n) is 10.3. The summed E-state index contributed by atoms with van der Waals surface area (Å²) in [6, 6.07) is 0. The van der Waals surface area contributed by atoms with Gasteiger partial charge in [0, 0.05) is 30.0 Å². The highest BCUT2D eigenvalue weighted by Crippen LogP contribution is 2.37. The van der Waals surface area contributed by atoms with E-state index in [1.165, 1.54) is 0 Å². The Morgan fingerprint density at radius 1 is 0.886 bits per heavy atom. The van der Waals surface area contributed by atoms with Crippen molar-refractivity contribution in [3.05, 3.63) is 52.4 Å². The fourth-order valence-corrected chi connectivity index (χ4v) is 3.58. The molecule has 0 bridgehead atoms. The van der Waals surface area contributed by atoms with E-state index in [0.717, 1.165) is 0 Å². The summed E-state index contributed by atoms with van der Waals surface area (Å²) in [7, 11) is 0. The van der Waals surface area contributed by atoms with Gasteiger partial charge in [-0.15, -0.1) is 0 Å². The zero-order valence-corrected chi connectivity index (χ0v) is 21.7. The van der Waals surface area contributed by atoms with Gasteiger partial charge in [-0.2, -0.15) is 0 Å². The molecule has 0 aliphatic heterocycles. The maximum Gasteiger partial charge on any atom is 0.314 e. The smallest absolute Gasteiger partial charge is 0.314 e. The number of esters is 1. The van der Waals surface area contributed by atoms with Gasteiger partial charge in [0.2, 0.25) is 0 Å². The normalized spacial score (nSPS) is 13.0. The average Bonchev–Trinajstić information content (AvgIpc) is 2.76. The van der Waals surface area contributed by atoms with Gasteiger partial charge < -0.3 is 14.2 Å². The molecule has 0 amide bonds. The standard InChI is InChI=1S/C26H35F3N2O4/c1-9-33-13-16-19(27)20(28)17(22(21(16)29)34-10-2)14-35-23(32)18(25(3,4)5)15-11-30-24(31-12-15)26(6,7)8/h11-12,18H,9-10,13-14H2,1-8H3. The highest BCUT2D eigenvalue weighted by molar-refractivity contribution is 5.79. The third-order valence-electron chi connectivity index (χ3n) is 5.34. The van der Waals surface area contributed by atoms with E-state index in [-0.39, 0.29) is 18.6 Å². The van der Waals surface area contributed by atoms with Crippen molar-refractivity contribution in [1.82, 2.24) is 9.97 Å². The minimum absolute atomic E-state index is 0.000899. The van der Waals surface area contributed by atoms with Gasteiger partial charge in [0.25, 0.3) is 0 Å². The van der Waals surface area contributed by atoms with Gasteiger partial charge in [0.1, 0.15) is 12.4 Å². The lowest BCUT2D eigenvalue weighted by Gasteiger charge is -2.29. The largest absolute Gasteiger partial charge is 0.490 e. The van der Waals surface area contributed by atoms with E-state index in [4.69, 9.17) is 14.2 Å². The second kappa shape index (κ2) is 11.4. The van der Waals surface area contributed by atoms with Crippen molar-refractivity contribution in [3.8, 4) is 5.75 Å². The lowest BCUT2D eigenvalue weighted by Crippen LogP contribution is -2.29. The van der Waals surface area contributed by atoms with Gasteiger partial charge in [-0.05, 0) is 19.3 Å². The molecule has 6 nitrogen and oxygen atoms in total. The molecule has 35 heavy (non-hydrogen) atoms. The molecule has 1 atom stereocenters. The van der Waals surface area contributed by atoms with Crippen LogP contribution >= 0.6 is 0 Å². The van der Waals surface area contributed by atoms with Crippen LogP contribution in [-0.2, 0) is 32.9 Å². The zero-order chi connectivity index (χ0) is 26.6. The lowest BCUT2D eigenvalue weighted by atomic mass is 9.77. The molecule has 194 valence electrons. The van der Waals surface area contributed by atoms with Crippen LogP contribution in [0.5, 0.6) is 5.75 Å². The first-order valence-electron chi connectivity index (χ1n) is 11.6. The van der Waals surface area contributed by atoms with Crippen molar-refractivity contribution < 1.29 is 32.2 Å². The van der Waals surface area contributed by atoms with Crippen molar-refractivity contribution >= 4 is 5.97 Å². The third-order valence-corrected chi connectivity index (χ3v) is 5.34. The van der Waals surface area contributed by atoms with Gasteiger partial charge in [0.15, 0.2) is 23.2 Å². The number of halogens is 3. The lowest BCUT2D eigenvalue weighted by molar-refractivity contribution is -0.149. The second-order valence-corrected chi connectivity index (χ2v) is 10.3. The molecule has 9 heteroatoms. The molecule has 1 unspecified atom stereocenters. The monoisotopic (exact) mass is 496 g/mol. The number of carbonyl (C=O) groups excluding carboxylic acids is 1. The Labute approximate surface area is 205 Å². The summed E-state index contributed by atoms with van der Waals surface area (Å²) < 4.78 is 60.3. The highest BCUT2D eigenvalue weighted by atomic mass is 19.2. The summed E-state index contributed by atoms with van der Waals surface area (Å²) in [4.78, 5) is 21.9. The van der Waals surface area contributed by atoms with Crippen LogP contribution in [0.3, 0.4) is 0 Å². The predicted octanol–water partition coefficient (Wildman–Crippen LogP) is 6.00. The van der Waals surface area contributed by atoms with Gasteiger partial charge in [-0.25, -0.2) is 23.1 Å². The summed E-state index contributed by atoms with van der Waals surface area (Å²) in [5, 5.41) is 0. The molecule has 0 saturated carbocycles. The summed E-state index contributed by atoms with van der Waals surface area (Å²) in [6.07, 6.45) is 3.14. The van der Waals surface area contributed by atoms with Crippen LogP contribution in [0.1, 0.15) is 83.8 Å². The molecule has 0 aliphatic rings. The molecule has 0 fully saturated rings. The van der Waals surface area contributed by atoms with E-state index in [0.29, 0.717) is 11.4 Å². The third kappa shape index (κ3) is 6.72. The Hall–Kier alpha value is -2.68. The maximum atomic E-state index is 15.0. The summed E-state index contributed by atoms with van der Waals surface area (Å²) in [5.41, 5.74) is -1.45. The van der Waals surface area contributed by atoms with Crippen LogP contribution in [-0.4, -0.2) is 29.2 Å². The fraction of sp³-hybridized carbons (Fsp3) is 0.577. The number of benzene rings is 1. The van der Waals surface area contributed by atoms with E-state index in [9.17, 15) is 18.0 Å². The van der Waals surface area contributed by atoms with Crippen LogP contribution in [0, 0.1) is 22.9 Å². The first-order valence-corrected chi connectivity index (χ1v) is 11.6. The molecule has 0 spiro atoms. The Kier molecular flexibility index (Phi) is 9.28. The van der Waals surface area contributed by atoms with Crippen LogP contribution < -0.4 is 4.74 Å². The Bertz CT molecular complexity index is 1030. The van der Waals surface area contributed by atoms with Crippen molar-refractivity contribution in [1.29, 1.82) is 0 Å². The van der Waals surface area contributed by atoms with Crippen LogP contribution in [0.4, 0.5) is 13.2 Å². The number of hydrogen-bond acceptors (Lipinski definition) is 6. The van der Waals surface area contributed by atoms with Gasteiger partial charge >= 0.3 is 5.97 Å². The van der Waals surface area contributed by atoms with Gasteiger partial charge in [-0.1, -0.05) is 41.5 Å². The predicted molar refractivity (Wildman–Crippen MR) is 126 cm³/mol. The summed E-state index contributed by atoms with van der Waals surface area (Å²) in [6.45, 7) is 13.7. The van der Waals surface area contributed by atoms with Crippen molar-refractivity contribution in [2.45, 2.75) is 79.9 Å². The van der Waals surface area contributed by atoms with Crippen molar-refractivity contribution in [2.75, 3.05) is 13.2 Å². The SMILES string of the molecule is CCOCc1c(F)c(F)c(COC(=O)C(c2cnc(C(C)(C)C)nc2)C(C)(C)C)c(OCC)c1F. The van der Waals surface area contributed by atoms with Crippen LogP contribution in [0.2, 0.25) is 0 Å². The van der Waals surface area contributed by atoms with E-state index >= 15 is 0 Å². The first-order chi connectivity index (χ1) is 16.2. The molecule has 0 radical (unpaired) electrons. The summed E-state index contributed by atoms with van der Waals surface area (Å²) in [5.74, 6) is -5.22. The topological polar surface area (TPSA) is 70.5 Å². The zero-order valence-electron chi connectivity index (χ0n) is 21.7. The summed E-state index contributed by atoms with van der Waals surface area (Å²) >= 11 is 0. The molecule has 0 aliphatic carbocycles. The van der Waals surface area contributed by atoms with Gasteiger partial charge in [-0.3, -0.25) is 4.79 Å². The van der Waals surface area contributed by atoms with E-state index in [1.54, 1.807) is 26.2 Å². The maximum absolute atomic E-state index is 15.0. The van der Waals surface area contributed by atoms with Crippen molar-refractivity contribution in [3.63, 3.8) is 0 Å². The highest BCUT2D eigenvalue weighted by Gasteiger charge is 2.36. The van der Waals surface area contributed by atoms with E-state index in [1.807, 2.05) is 41.5 Å². The van der Waals surface area contributed by atoms with E-state index in [2.05, 4.69) is 9.97 Å². The fourth-order valence-electron chi connectivity index (χ4n) is 3.58. The number of nitrogens with zero attached hydrogens (tertiary/aromatic N) is 2. The Balaban J connectivity index is 2.39. The molecule has 1 aromatic heterocycles.